The summed E-state index contributed by atoms with van der Waals surface area (Å²) in [7, 11) is 1.69. The van der Waals surface area contributed by atoms with Crippen molar-refractivity contribution >= 4 is 5.65 Å². The lowest BCUT2D eigenvalue weighted by molar-refractivity contribution is 0.412. The molecule has 0 N–H and O–H groups in total. The van der Waals surface area contributed by atoms with Crippen LogP contribution in [-0.2, 0) is 0 Å². The number of fused-ring (bicyclic) bond motifs is 1. The number of hydrogen-bond acceptors (Lipinski definition) is 2. The van der Waals surface area contributed by atoms with Crippen LogP contribution in [-0.4, -0.2) is 16.5 Å². The normalized spacial score (nSPS) is 17.5. The van der Waals surface area contributed by atoms with Crippen molar-refractivity contribution in [2.24, 2.45) is 0 Å². The fourth-order valence-corrected chi connectivity index (χ4v) is 2.71. The monoisotopic (exact) mass is 230 g/mol. The van der Waals surface area contributed by atoms with Crippen LogP contribution in [0.3, 0.4) is 0 Å². The quantitative estimate of drug-likeness (QED) is 0.790. The van der Waals surface area contributed by atoms with Crippen LogP contribution in [0.4, 0.5) is 0 Å². The Hall–Kier alpha value is -1.51. The van der Waals surface area contributed by atoms with Crippen molar-refractivity contribution in [3.63, 3.8) is 0 Å². The minimum atomic E-state index is 0.662. The van der Waals surface area contributed by atoms with E-state index in [2.05, 4.69) is 10.6 Å². The molecule has 1 saturated carbocycles. The van der Waals surface area contributed by atoms with Gasteiger partial charge in [-0.2, -0.15) is 0 Å². The summed E-state index contributed by atoms with van der Waals surface area (Å²) < 4.78 is 7.30. The molecule has 2 aromatic rings. The second kappa shape index (κ2) is 4.40. The highest BCUT2D eigenvalue weighted by molar-refractivity contribution is 5.43. The average Bonchev–Trinajstić information content (AvgIpc) is 2.82. The summed E-state index contributed by atoms with van der Waals surface area (Å²) in [5.74, 6) is 1.54. The largest absolute Gasteiger partial charge is 0.495 e. The fraction of sp³-hybridized carbons (Fsp3) is 0.500. The highest BCUT2D eigenvalue weighted by Gasteiger charge is 2.18. The summed E-state index contributed by atoms with van der Waals surface area (Å²) in [6, 6.07) is 3.98. The van der Waals surface area contributed by atoms with Crippen LogP contribution in [0.5, 0.6) is 5.75 Å². The molecule has 3 rings (SSSR count). The zero-order valence-electron chi connectivity index (χ0n) is 10.2. The summed E-state index contributed by atoms with van der Waals surface area (Å²) >= 11 is 0. The van der Waals surface area contributed by atoms with Crippen molar-refractivity contribution in [1.82, 2.24) is 9.38 Å². The van der Waals surface area contributed by atoms with Crippen LogP contribution < -0.4 is 4.74 Å². The lowest BCUT2D eigenvalue weighted by Crippen LogP contribution is -2.04. The predicted molar refractivity (Wildman–Crippen MR) is 67.6 cm³/mol. The van der Waals surface area contributed by atoms with Gasteiger partial charge >= 0.3 is 0 Å². The van der Waals surface area contributed by atoms with Gasteiger partial charge in [-0.05, 0) is 25.0 Å². The molecule has 1 aliphatic rings. The number of rotatable bonds is 2. The van der Waals surface area contributed by atoms with E-state index >= 15 is 0 Å². The summed E-state index contributed by atoms with van der Waals surface area (Å²) in [4.78, 5) is 4.72. The van der Waals surface area contributed by atoms with Gasteiger partial charge in [-0.1, -0.05) is 19.3 Å². The van der Waals surface area contributed by atoms with Crippen molar-refractivity contribution in [2.45, 2.75) is 38.0 Å². The third kappa shape index (κ3) is 2.02. The van der Waals surface area contributed by atoms with Gasteiger partial charge in [0.2, 0.25) is 0 Å². The summed E-state index contributed by atoms with van der Waals surface area (Å²) in [6.07, 6.45) is 10.8. The van der Waals surface area contributed by atoms with E-state index in [9.17, 15) is 0 Å². The Kier molecular flexibility index (Phi) is 2.75. The Morgan fingerprint density at radius 1 is 1.18 bits per heavy atom. The minimum Gasteiger partial charge on any atom is -0.495 e. The van der Waals surface area contributed by atoms with Crippen molar-refractivity contribution < 1.29 is 4.74 Å². The Bertz CT molecular complexity index is 512. The number of ether oxygens (including phenoxy) is 1. The van der Waals surface area contributed by atoms with E-state index in [1.165, 1.54) is 37.8 Å². The summed E-state index contributed by atoms with van der Waals surface area (Å²) in [5.41, 5.74) is 2.27. The third-order valence-electron chi connectivity index (χ3n) is 3.70. The molecule has 90 valence electrons. The van der Waals surface area contributed by atoms with Crippen LogP contribution in [0.15, 0.2) is 24.5 Å². The molecule has 0 saturated heterocycles. The topological polar surface area (TPSA) is 26.5 Å². The molecule has 0 radical (unpaired) electrons. The second-order valence-electron chi connectivity index (χ2n) is 4.84. The summed E-state index contributed by atoms with van der Waals surface area (Å²) in [5, 5.41) is 0. The SMILES string of the molecule is COc1ccc2nc(C3CCCCC3)cn2c1. The Balaban J connectivity index is 1.95. The van der Waals surface area contributed by atoms with Crippen LogP contribution >= 0.6 is 0 Å². The van der Waals surface area contributed by atoms with Gasteiger partial charge in [-0.25, -0.2) is 4.98 Å². The molecule has 0 bridgehead atoms. The van der Waals surface area contributed by atoms with Gasteiger partial charge in [0.05, 0.1) is 19.0 Å². The van der Waals surface area contributed by atoms with Crippen molar-refractivity contribution in [3.05, 3.63) is 30.2 Å². The van der Waals surface area contributed by atoms with Crippen LogP contribution in [0.1, 0.15) is 43.7 Å². The number of aromatic nitrogens is 2. The van der Waals surface area contributed by atoms with Crippen LogP contribution in [0.25, 0.3) is 5.65 Å². The van der Waals surface area contributed by atoms with Gasteiger partial charge in [0.25, 0.3) is 0 Å². The third-order valence-corrected chi connectivity index (χ3v) is 3.70. The number of nitrogens with zero attached hydrogens (tertiary/aromatic N) is 2. The maximum absolute atomic E-state index is 5.23. The molecule has 0 atom stereocenters. The van der Waals surface area contributed by atoms with Crippen molar-refractivity contribution in [3.8, 4) is 5.75 Å². The van der Waals surface area contributed by atoms with Crippen molar-refractivity contribution in [2.75, 3.05) is 7.11 Å². The molecule has 0 unspecified atom stereocenters. The second-order valence-corrected chi connectivity index (χ2v) is 4.84. The minimum absolute atomic E-state index is 0.662. The van der Waals surface area contributed by atoms with Gasteiger partial charge < -0.3 is 9.14 Å². The van der Waals surface area contributed by atoms with E-state index in [0.29, 0.717) is 5.92 Å². The molecule has 2 heterocycles. The number of methoxy groups -OCH3 is 1. The van der Waals surface area contributed by atoms with E-state index in [1.54, 1.807) is 7.11 Å². The highest BCUT2D eigenvalue weighted by Crippen LogP contribution is 2.32. The standard InChI is InChI=1S/C14H18N2O/c1-17-12-7-8-14-15-13(10-16(14)9-12)11-5-3-2-4-6-11/h7-11H,2-6H2,1H3. The predicted octanol–water partition coefficient (Wildman–Crippen LogP) is 3.39. The number of pyridine rings is 1. The highest BCUT2D eigenvalue weighted by atomic mass is 16.5. The lowest BCUT2D eigenvalue weighted by Gasteiger charge is -2.19. The van der Waals surface area contributed by atoms with E-state index in [-0.39, 0.29) is 0 Å². The smallest absolute Gasteiger partial charge is 0.137 e. The maximum Gasteiger partial charge on any atom is 0.137 e. The molecule has 0 amide bonds. The molecule has 0 spiro atoms. The van der Waals surface area contributed by atoms with Gasteiger partial charge in [0.15, 0.2) is 0 Å². The van der Waals surface area contributed by atoms with E-state index in [1.807, 2.05) is 18.3 Å². The van der Waals surface area contributed by atoms with Gasteiger partial charge in [0, 0.05) is 12.1 Å². The molecule has 0 aromatic carbocycles. The molecule has 0 aliphatic heterocycles. The number of imidazole rings is 1. The van der Waals surface area contributed by atoms with Gasteiger partial charge in [0.1, 0.15) is 11.4 Å². The molecule has 2 aromatic heterocycles. The van der Waals surface area contributed by atoms with E-state index in [0.717, 1.165) is 11.4 Å². The average molecular weight is 230 g/mol. The van der Waals surface area contributed by atoms with E-state index < -0.39 is 0 Å². The zero-order valence-corrected chi connectivity index (χ0v) is 10.2. The van der Waals surface area contributed by atoms with Crippen LogP contribution in [0, 0.1) is 0 Å². The van der Waals surface area contributed by atoms with Crippen molar-refractivity contribution in [1.29, 1.82) is 0 Å². The lowest BCUT2D eigenvalue weighted by atomic mass is 9.87. The molecular weight excluding hydrogens is 212 g/mol. The first-order valence-electron chi connectivity index (χ1n) is 6.39. The Labute approximate surface area is 101 Å². The molecule has 3 nitrogen and oxygen atoms in total. The molecule has 1 fully saturated rings. The fourth-order valence-electron chi connectivity index (χ4n) is 2.71. The summed E-state index contributed by atoms with van der Waals surface area (Å²) in [6.45, 7) is 0. The first-order chi connectivity index (χ1) is 8.36. The maximum atomic E-state index is 5.23. The molecule has 17 heavy (non-hydrogen) atoms. The van der Waals surface area contributed by atoms with Gasteiger partial charge in [-0.3, -0.25) is 0 Å². The molecular formula is C14H18N2O. The van der Waals surface area contributed by atoms with E-state index in [4.69, 9.17) is 9.72 Å². The molecule has 1 aliphatic carbocycles. The van der Waals surface area contributed by atoms with Crippen LogP contribution in [0.2, 0.25) is 0 Å². The Morgan fingerprint density at radius 3 is 2.76 bits per heavy atom. The zero-order chi connectivity index (χ0) is 11.7. The first-order valence-corrected chi connectivity index (χ1v) is 6.39. The molecule has 3 heteroatoms. The number of hydrogen-bond donors (Lipinski definition) is 0. The first kappa shape index (κ1) is 10.6. The Morgan fingerprint density at radius 2 is 2.00 bits per heavy atom. The van der Waals surface area contributed by atoms with Gasteiger partial charge in [-0.15, -0.1) is 0 Å².